The van der Waals surface area contributed by atoms with Gasteiger partial charge >= 0.3 is 6.18 Å². The van der Waals surface area contributed by atoms with Crippen molar-refractivity contribution in [1.82, 2.24) is 4.98 Å². The molecule has 0 saturated heterocycles. The van der Waals surface area contributed by atoms with Gasteiger partial charge in [0.1, 0.15) is 0 Å². The minimum atomic E-state index is -5.13. The van der Waals surface area contributed by atoms with Crippen molar-refractivity contribution in [2.24, 2.45) is 5.73 Å². The number of aromatic nitrogens is 1. The summed E-state index contributed by atoms with van der Waals surface area (Å²) in [6, 6.07) is 0.599. The summed E-state index contributed by atoms with van der Waals surface area (Å²) in [4.78, 5) is 3.19. The first-order valence-corrected chi connectivity index (χ1v) is 5.81. The predicted molar refractivity (Wildman–Crippen MR) is 63.5 cm³/mol. The van der Waals surface area contributed by atoms with Gasteiger partial charge in [-0.15, -0.1) is 0 Å². The molecule has 0 radical (unpaired) electrons. The summed E-state index contributed by atoms with van der Waals surface area (Å²) in [5.74, 6) is -1.16. The molecule has 4 N–H and O–H groups in total. The average molecular weight is 317 g/mol. The Morgan fingerprint density at radius 2 is 1.80 bits per heavy atom. The standard InChI is InChI=1S/C11H13ClF4N2O2/c1-9(2,19)5-3-6(18-8(12)7(5)13)10(20,4-17)11(14,15)16/h3,19-20H,4,17H2,1-2H3/t10-/m0/s1. The van der Waals surface area contributed by atoms with Crippen molar-refractivity contribution < 1.29 is 27.8 Å². The van der Waals surface area contributed by atoms with Crippen molar-refractivity contribution in [3.63, 3.8) is 0 Å². The Kier molecular flexibility index (Phi) is 4.36. The van der Waals surface area contributed by atoms with Gasteiger partial charge in [0.2, 0.25) is 5.60 Å². The van der Waals surface area contributed by atoms with E-state index in [1.54, 1.807) is 0 Å². The summed E-state index contributed by atoms with van der Waals surface area (Å²) in [5, 5.41) is 18.5. The second-order valence-electron chi connectivity index (χ2n) is 4.78. The van der Waals surface area contributed by atoms with Crippen LogP contribution in [0.5, 0.6) is 0 Å². The fourth-order valence-electron chi connectivity index (χ4n) is 1.52. The minimum Gasteiger partial charge on any atom is -0.386 e. The van der Waals surface area contributed by atoms with E-state index in [0.29, 0.717) is 6.07 Å². The molecule has 20 heavy (non-hydrogen) atoms. The molecule has 0 spiro atoms. The summed E-state index contributed by atoms with van der Waals surface area (Å²) < 4.78 is 52.4. The molecule has 0 unspecified atom stereocenters. The zero-order valence-electron chi connectivity index (χ0n) is 10.6. The highest BCUT2D eigenvalue weighted by Crippen LogP contribution is 2.39. The van der Waals surface area contributed by atoms with E-state index in [4.69, 9.17) is 17.3 Å². The molecular formula is C11H13ClF4N2O2. The average Bonchev–Trinajstić information content (AvgIpc) is 2.28. The van der Waals surface area contributed by atoms with Crippen LogP contribution in [0.1, 0.15) is 25.1 Å². The predicted octanol–water partition coefficient (Wildman–Crippen LogP) is 1.81. The van der Waals surface area contributed by atoms with Crippen molar-refractivity contribution in [1.29, 1.82) is 0 Å². The smallest absolute Gasteiger partial charge is 0.386 e. The number of aliphatic hydroxyl groups is 2. The van der Waals surface area contributed by atoms with Crippen LogP contribution in [0, 0.1) is 5.82 Å². The van der Waals surface area contributed by atoms with Crippen molar-refractivity contribution in [3.05, 3.63) is 28.3 Å². The number of hydrogen-bond donors (Lipinski definition) is 3. The summed E-state index contributed by atoms with van der Waals surface area (Å²) in [6.07, 6.45) is -5.13. The molecule has 0 aliphatic carbocycles. The van der Waals surface area contributed by atoms with Gasteiger partial charge in [-0.2, -0.15) is 13.2 Å². The Morgan fingerprint density at radius 3 is 2.15 bits per heavy atom. The summed E-state index contributed by atoms with van der Waals surface area (Å²) >= 11 is 5.42. The Balaban J connectivity index is 3.60. The maximum absolute atomic E-state index is 13.7. The molecule has 1 aromatic rings. The number of hydrogen-bond acceptors (Lipinski definition) is 4. The Hall–Kier alpha value is -0.960. The molecule has 114 valence electrons. The maximum Gasteiger partial charge on any atom is 0.424 e. The second kappa shape index (κ2) is 5.10. The van der Waals surface area contributed by atoms with Crippen LogP contribution in [-0.2, 0) is 11.2 Å². The molecule has 0 fully saturated rings. The summed E-state index contributed by atoms with van der Waals surface area (Å²) in [6.45, 7) is 1.08. The topological polar surface area (TPSA) is 79.4 Å². The van der Waals surface area contributed by atoms with Crippen LogP contribution in [0.4, 0.5) is 17.6 Å². The Labute approximate surface area is 117 Å². The van der Waals surface area contributed by atoms with E-state index in [0.717, 1.165) is 13.8 Å². The molecular weight excluding hydrogens is 304 g/mol. The molecule has 1 rings (SSSR count). The van der Waals surface area contributed by atoms with Crippen LogP contribution in [-0.4, -0.2) is 27.9 Å². The Morgan fingerprint density at radius 1 is 1.30 bits per heavy atom. The third-order valence-corrected chi connectivity index (χ3v) is 3.01. The van der Waals surface area contributed by atoms with E-state index in [1.807, 2.05) is 0 Å². The number of pyridine rings is 1. The molecule has 0 amide bonds. The van der Waals surface area contributed by atoms with Crippen molar-refractivity contribution in [2.45, 2.75) is 31.2 Å². The van der Waals surface area contributed by atoms with Crippen LogP contribution < -0.4 is 5.73 Å². The van der Waals surface area contributed by atoms with Gasteiger partial charge in [0.25, 0.3) is 0 Å². The lowest BCUT2D eigenvalue weighted by atomic mass is 9.92. The first-order chi connectivity index (χ1) is 8.84. The van der Waals surface area contributed by atoms with Crippen LogP contribution in [0.15, 0.2) is 6.07 Å². The molecule has 0 aliphatic heterocycles. The van der Waals surface area contributed by atoms with Gasteiger partial charge in [0.15, 0.2) is 11.0 Å². The van der Waals surface area contributed by atoms with Gasteiger partial charge in [-0.3, -0.25) is 0 Å². The fourth-order valence-corrected chi connectivity index (χ4v) is 1.71. The van der Waals surface area contributed by atoms with E-state index in [2.05, 4.69) is 4.98 Å². The van der Waals surface area contributed by atoms with Crippen molar-refractivity contribution in [2.75, 3.05) is 6.54 Å². The van der Waals surface area contributed by atoms with Gasteiger partial charge in [0.05, 0.1) is 11.3 Å². The first-order valence-electron chi connectivity index (χ1n) is 5.43. The zero-order chi connectivity index (χ0) is 15.9. The molecule has 1 heterocycles. The minimum absolute atomic E-state index is 0.524. The Bertz CT molecular complexity index is 516. The first kappa shape index (κ1) is 17.1. The lowest BCUT2D eigenvalue weighted by molar-refractivity contribution is -0.263. The number of halogens is 5. The molecule has 1 atom stereocenters. The van der Waals surface area contributed by atoms with Crippen LogP contribution in [0.25, 0.3) is 0 Å². The molecule has 1 aromatic heterocycles. The van der Waals surface area contributed by atoms with E-state index in [1.165, 1.54) is 0 Å². The fraction of sp³-hybridized carbons (Fsp3) is 0.545. The molecule has 0 aliphatic rings. The van der Waals surface area contributed by atoms with Crippen molar-refractivity contribution in [3.8, 4) is 0 Å². The SMILES string of the molecule is CC(C)(O)c1cc([C@@](O)(CN)C(F)(F)F)nc(Cl)c1F. The molecule has 0 aromatic carbocycles. The zero-order valence-corrected chi connectivity index (χ0v) is 11.3. The van der Waals surface area contributed by atoms with E-state index < -0.39 is 46.2 Å². The lowest BCUT2D eigenvalue weighted by Crippen LogP contribution is -2.49. The normalized spacial score (nSPS) is 16.1. The van der Waals surface area contributed by atoms with E-state index >= 15 is 0 Å². The molecule has 9 heteroatoms. The summed E-state index contributed by atoms with van der Waals surface area (Å²) in [7, 11) is 0. The molecule has 0 bridgehead atoms. The highest BCUT2D eigenvalue weighted by Gasteiger charge is 2.55. The van der Waals surface area contributed by atoms with E-state index in [-0.39, 0.29) is 0 Å². The highest BCUT2D eigenvalue weighted by molar-refractivity contribution is 6.29. The van der Waals surface area contributed by atoms with Gasteiger partial charge in [-0.05, 0) is 19.9 Å². The van der Waals surface area contributed by atoms with E-state index in [9.17, 15) is 27.8 Å². The number of nitrogens with zero attached hydrogens (tertiary/aromatic N) is 1. The largest absolute Gasteiger partial charge is 0.424 e. The highest BCUT2D eigenvalue weighted by atomic mass is 35.5. The number of alkyl halides is 3. The molecule has 4 nitrogen and oxygen atoms in total. The van der Waals surface area contributed by atoms with Gasteiger partial charge in [0, 0.05) is 12.1 Å². The lowest BCUT2D eigenvalue weighted by Gasteiger charge is -2.30. The summed E-state index contributed by atoms with van der Waals surface area (Å²) in [5.41, 5.74) is -1.83. The van der Waals surface area contributed by atoms with Crippen LogP contribution in [0.2, 0.25) is 5.15 Å². The number of nitrogens with two attached hydrogens (primary N) is 1. The van der Waals surface area contributed by atoms with Gasteiger partial charge in [-0.25, -0.2) is 9.37 Å². The van der Waals surface area contributed by atoms with Gasteiger partial charge < -0.3 is 15.9 Å². The van der Waals surface area contributed by atoms with Crippen LogP contribution >= 0.6 is 11.6 Å². The molecule has 0 saturated carbocycles. The third kappa shape index (κ3) is 2.88. The van der Waals surface area contributed by atoms with Crippen molar-refractivity contribution >= 4 is 11.6 Å². The van der Waals surface area contributed by atoms with Crippen LogP contribution in [0.3, 0.4) is 0 Å². The maximum atomic E-state index is 13.7. The van der Waals surface area contributed by atoms with Gasteiger partial charge in [-0.1, -0.05) is 11.6 Å². The number of rotatable bonds is 3. The quantitative estimate of drug-likeness (QED) is 0.587. The second-order valence-corrected chi connectivity index (χ2v) is 5.14. The third-order valence-electron chi connectivity index (χ3n) is 2.76. The monoisotopic (exact) mass is 316 g/mol.